The van der Waals surface area contributed by atoms with Gasteiger partial charge in [0, 0.05) is 6.54 Å². The zero-order valence-electron chi connectivity index (χ0n) is 9.15. The molecule has 0 aliphatic heterocycles. The van der Waals surface area contributed by atoms with Gasteiger partial charge in [0.25, 0.3) is 0 Å². The Balaban J connectivity index is 2.04. The summed E-state index contributed by atoms with van der Waals surface area (Å²) in [6.07, 6.45) is 6.23. The van der Waals surface area contributed by atoms with Gasteiger partial charge in [0.2, 0.25) is 0 Å². The Hall–Kier alpha value is -0.120. The Morgan fingerprint density at radius 1 is 1.36 bits per heavy atom. The molecule has 1 fully saturated rings. The van der Waals surface area contributed by atoms with Crippen molar-refractivity contribution in [2.75, 3.05) is 26.7 Å². The van der Waals surface area contributed by atoms with Gasteiger partial charge in [-0.25, -0.2) is 0 Å². The van der Waals surface area contributed by atoms with E-state index in [0.29, 0.717) is 6.54 Å². The van der Waals surface area contributed by atoms with Crippen LogP contribution in [0.4, 0.5) is 0 Å². The summed E-state index contributed by atoms with van der Waals surface area (Å²) >= 11 is 0. The fraction of sp³-hybridized carbons (Fsp3) is 1.00. The maximum Gasteiger partial charge on any atom is 0.0897 e. The Morgan fingerprint density at radius 3 is 2.57 bits per heavy atom. The summed E-state index contributed by atoms with van der Waals surface area (Å²) < 4.78 is 0. The summed E-state index contributed by atoms with van der Waals surface area (Å²) in [6, 6.07) is 0. The van der Waals surface area contributed by atoms with Crippen molar-refractivity contribution < 1.29 is 10.2 Å². The Kier molecular flexibility index (Phi) is 5.45. The molecule has 0 amide bonds. The van der Waals surface area contributed by atoms with E-state index in [-0.39, 0.29) is 6.61 Å². The molecule has 3 nitrogen and oxygen atoms in total. The Bertz CT molecular complexity index is 146. The molecular weight excluding hydrogens is 178 g/mol. The molecule has 0 heterocycles. The van der Waals surface area contributed by atoms with E-state index in [9.17, 15) is 5.11 Å². The maximum absolute atomic E-state index is 9.23. The Labute approximate surface area is 86.7 Å². The second-order valence-corrected chi connectivity index (χ2v) is 4.54. The number of aliphatic hydroxyl groups excluding tert-OH is 2. The predicted octanol–water partition coefficient (Wildman–Crippen LogP) is 0.852. The van der Waals surface area contributed by atoms with Crippen molar-refractivity contribution >= 4 is 0 Å². The first-order valence-electron chi connectivity index (χ1n) is 5.70. The molecule has 0 bridgehead atoms. The van der Waals surface area contributed by atoms with Gasteiger partial charge < -0.3 is 15.1 Å². The predicted molar refractivity (Wildman–Crippen MR) is 57.2 cm³/mol. The molecule has 0 radical (unpaired) electrons. The molecule has 84 valence electrons. The highest BCUT2D eigenvalue weighted by atomic mass is 16.3. The van der Waals surface area contributed by atoms with E-state index in [1.54, 1.807) is 0 Å². The van der Waals surface area contributed by atoms with Crippen molar-refractivity contribution in [1.82, 2.24) is 4.90 Å². The van der Waals surface area contributed by atoms with Gasteiger partial charge in [-0.15, -0.1) is 0 Å². The molecule has 0 spiro atoms. The molecule has 1 aliphatic carbocycles. The summed E-state index contributed by atoms with van der Waals surface area (Å²) in [6.45, 7) is 1.50. The molecule has 3 heteroatoms. The van der Waals surface area contributed by atoms with Crippen LogP contribution in [-0.2, 0) is 0 Å². The van der Waals surface area contributed by atoms with E-state index in [4.69, 9.17) is 5.11 Å². The van der Waals surface area contributed by atoms with Gasteiger partial charge in [-0.1, -0.05) is 25.7 Å². The monoisotopic (exact) mass is 201 g/mol. The second-order valence-electron chi connectivity index (χ2n) is 4.54. The van der Waals surface area contributed by atoms with E-state index in [1.165, 1.54) is 32.1 Å². The summed E-state index contributed by atoms with van der Waals surface area (Å²) in [5.41, 5.74) is 0. The third-order valence-electron chi connectivity index (χ3n) is 3.13. The van der Waals surface area contributed by atoms with Crippen molar-refractivity contribution in [2.45, 2.75) is 38.2 Å². The van der Waals surface area contributed by atoms with Crippen LogP contribution in [0.25, 0.3) is 0 Å². The molecule has 2 N–H and O–H groups in total. The van der Waals surface area contributed by atoms with Gasteiger partial charge in [-0.3, -0.25) is 0 Å². The molecule has 1 unspecified atom stereocenters. The van der Waals surface area contributed by atoms with Crippen LogP contribution in [0.1, 0.15) is 32.1 Å². The maximum atomic E-state index is 9.23. The highest BCUT2D eigenvalue weighted by Gasteiger charge is 2.15. The van der Waals surface area contributed by atoms with E-state index in [2.05, 4.69) is 4.90 Å². The first-order valence-corrected chi connectivity index (χ1v) is 5.70. The first kappa shape index (κ1) is 12.0. The highest BCUT2D eigenvalue weighted by molar-refractivity contribution is 4.69. The van der Waals surface area contributed by atoms with Crippen LogP contribution < -0.4 is 0 Å². The molecule has 1 atom stereocenters. The number of hydrogen-bond donors (Lipinski definition) is 2. The molecule has 1 saturated carbocycles. The average Bonchev–Trinajstić information content (AvgIpc) is 2.67. The summed E-state index contributed by atoms with van der Waals surface area (Å²) in [5, 5.41) is 17.9. The zero-order valence-corrected chi connectivity index (χ0v) is 9.15. The van der Waals surface area contributed by atoms with Crippen molar-refractivity contribution in [3.05, 3.63) is 0 Å². The molecular formula is C11H23NO2. The van der Waals surface area contributed by atoms with E-state index < -0.39 is 6.10 Å². The third-order valence-corrected chi connectivity index (χ3v) is 3.13. The first-order chi connectivity index (χ1) is 6.72. The van der Waals surface area contributed by atoms with Crippen molar-refractivity contribution in [3.63, 3.8) is 0 Å². The van der Waals surface area contributed by atoms with E-state index in [1.807, 2.05) is 7.05 Å². The van der Waals surface area contributed by atoms with Crippen molar-refractivity contribution in [1.29, 1.82) is 0 Å². The number of likely N-dealkylation sites (N-methyl/N-ethyl adjacent to an activating group) is 1. The summed E-state index contributed by atoms with van der Waals surface area (Å²) in [5.74, 6) is 0.906. The van der Waals surface area contributed by atoms with Gasteiger partial charge in [0.05, 0.1) is 12.7 Å². The summed E-state index contributed by atoms with van der Waals surface area (Å²) in [7, 11) is 2.01. The standard InChI is InChI=1S/C11H23NO2/c1-12(8-11(14)9-13)7-6-10-4-2-3-5-10/h10-11,13-14H,2-9H2,1H3. The van der Waals surface area contributed by atoms with Crippen LogP contribution in [0.2, 0.25) is 0 Å². The van der Waals surface area contributed by atoms with Crippen LogP contribution in [0.3, 0.4) is 0 Å². The lowest BCUT2D eigenvalue weighted by molar-refractivity contribution is 0.0652. The van der Waals surface area contributed by atoms with Gasteiger partial charge >= 0.3 is 0 Å². The minimum absolute atomic E-state index is 0.131. The van der Waals surface area contributed by atoms with Crippen molar-refractivity contribution in [2.24, 2.45) is 5.92 Å². The molecule has 0 saturated heterocycles. The smallest absolute Gasteiger partial charge is 0.0897 e. The van der Waals surface area contributed by atoms with Crippen LogP contribution in [0.5, 0.6) is 0 Å². The van der Waals surface area contributed by atoms with E-state index in [0.717, 1.165) is 12.5 Å². The number of nitrogens with zero attached hydrogens (tertiary/aromatic N) is 1. The average molecular weight is 201 g/mol. The van der Waals surface area contributed by atoms with Gasteiger partial charge in [-0.2, -0.15) is 0 Å². The van der Waals surface area contributed by atoms with Crippen LogP contribution in [0, 0.1) is 5.92 Å². The van der Waals surface area contributed by atoms with E-state index >= 15 is 0 Å². The lowest BCUT2D eigenvalue weighted by Crippen LogP contribution is -2.32. The van der Waals surface area contributed by atoms with Crippen LogP contribution in [-0.4, -0.2) is 48.0 Å². The number of aliphatic hydroxyl groups is 2. The molecule has 0 aromatic rings. The number of rotatable bonds is 6. The van der Waals surface area contributed by atoms with Gasteiger partial charge in [0.15, 0.2) is 0 Å². The molecule has 0 aromatic carbocycles. The Morgan fingerprint density at radius 2 is 2.00 bits per heavy atom. The minimum Gasteiger partial charge on any atom is -0.394 e. The third kappa shape index (κ3) is 4.40. The topological polar surface area (TPSA) is 43.7 Å². The quantitative estimate of drug-likeness (QED) is 0.669. The fourth-order valence-electron chi connectivity index (χ4n) is 2.21. The molecule has 14 heavy (non-hydrogen) atoms. The normalized spacial score (nSPS) is 20.6. The van der Waals surface area contributed by atoms with Gasteiger partial charge in [-0.05, 0) is 25.9 Å². The zero-order chi connectivity index (χ0) is 10.4. The molecule has 0 aromatic heterocycles. The van der Waals surface area contributed by atoms with Crippen LogP contribution >= 0.6 is 0 Å². The van der Waals surface area contributed by atoms with Crippen molar-refractivity contribution in [3.8, 4) is 0 Å². The lowest BCUT2D eigenvalue weighted by atomic mass is 10.0. The largest absolute Gasteiger partial charge is 0.394 e. The molecule has 1 rings (SSSR count). The fourth-order valence-corrected chi connectivity index (χ4v) is 2.21. The number of hydrogen-bond acceptors (Lipinski definition) is 3. The minimum atomic E-state index is -0.580. The SMILES string of the molecule is CN(CCC1CCCC1)CC(O)CO. The van der Waals surface area contributed by atoms with Gasteiger partial charge in [0.1, 0.15) is 0 Å². The van der Waals surface area contributed by atoms with Crippen LogP contribution in [0.15, 0.2) is 0 Å². The summed E-state index contributed by atoms with van der Waals surface area (Å²) in [4.78, 5) is 2.11. The highest BCUT2D eigenvalue weighted by Crippen LogP contribution is 2.27. The lowest BCUT2D eigenvalue weighted by Gasteiger charge is -2.20. The molecule has 1 aliphatic rings. The second kappa shape index (κ2) is 6.38.